The summed E-state index contributed by atoms with van der Waals surface area (Å²) in [6.07, 6.45) is 0. The van der Waals surface area contributed by atoms with Crippen molar-refractivity contribution < 1.29 is 4.39 Å². The molecule has 0 aliphatic carbocycles. The van der Waals surface area contributed by atoms with Gasteiger partial charge in [-0.05, 0) is 42.5 Å². The molecule has 1 N–H and O–H groups in total. The van der Waals surface area contributed by atoms with E-state index in [2.05, 4.69) is 9.97 Å². The van der Waals surface area contributed by atoms with Crippen LogP contribution in [0.1, 0.15) is 5.82 Å². The van der Waals surface area contributed by atoms with E-state index in [1.54, 1.807) is 30.3 Å². The number of thioether (sulfide) groups is 1. The second-order valence-electron chi connectivity index (χ2n) is 4.42. The number of benzene rings is 2. The second kappa shape index (κ2) is 5.87. The Labute approximate surface area is 129 Å². The minimum atomic E-state index is -0.272. The summed E-state index contributed by atoms with van der Waals surface area (Å²) in [4.78, 5) is 20.0. The lowest BCUT2D eigenvalue weighted by Crippen LogP contribution is -2.11. The number of rotatable bonds is 3. The Hall–Kier alpha value is -1.85. The van der Waals surface area contributed by atoms with Crippen LogP contribution < -0.4 is 5.56 Å². The van der Waals surface area contributed by atoms with Gasteiger partial charge in [0, 0.05) is 9.92 Å². The number of hydrogen-bond donors (Lipinski definition) is 1. The molecular formula is C15H10ClFN2OS. The number of nitrogens with one attached hydrogen (secondary N) is 1. The summed E-state index contributed by atoms with van der Waals surface area (Å²) >= 11 is 7.39. The first kappa shape index (κ1) is 14.1. The molecular weight excluding hydrogens is 311 g/mol. The molecule has 0 fully saturated rings. The van der Waals surface area contributed by atoms with E-state index in [-0.39, 0.29) is 11.4 Å². The highest BCUT2D eigenvalue weighted by Crippen LogP contribution is 2.22. The first-order valence-corrected chi connectivity index (χ1v) is 7.55. The monoisotopic (exact) mass is 320 g/mol. The van der Waals surface area contributed by atoms with Gasteiger partial charge in [-0.1, -0.05) is 11.6 Å². The molecule has 0 amide bonds. The third-order valence-corrected chi connectivity index (χ3v) is 4.17. The fourth-order valence-electron chi connectivity index (χ4n) is 1.91. The first-order valence-electron chi connectivity index (χ1n) is 6.19. The van der Waals surface area contributed by atoms with E-state index in [0.29, 0.717) is 27.5 Å². The van der Waals surface area contributed by atoms with Crippen molar-refractivity contribution in [1.29, 1.82) is 0 Å². The number of nitrogens with zero attached hydrogens (tertiary/aromatic N) is 1. The second-order valence-corrected chi connectivity index (χ2v) is 5.90. The standard InChI is InChI=1S/C15H10ClFN2OS/c16-9-1-6-12-13(7-9)18-14(19-15(12)20)8-21-11-4-2-10(17)3-5-11/h1-7H,8H2,(H,18,19,20). The number of hydrogen-bond acceptors (Lipinski definition) is 3. The highest BCUT2D eigenvalue weighted by Gasteiger charge is 2.05. The van der Waals surface area contributed by atoms with E-state index in [1.165, 1.54) is 23.9 Å². The molecule has 3 nitrogen and oxygen atoms in total. The van der Waals surface area contributed by atoms with Gasteiger partial charge in [-0.25, -0.2) is 9.37 Å². The van der Waals surface area contributed by atoms with Gasteiger partial charge in [0.15, 0.2) is 0 Å². The summed E-state index contributed by atoms with van der Waals surface area (Å²) < 4.78 is 12.8. The molecule has 0 aliphatic rings. The van der Waals surface area contributed by atoms with Crippen LogP contribution in [0.3, 0.4) is 0 Å². The largest absolute Gasteiger partial charge is 0.309 e. The summed E-state index contributed by atoms with van der Waals surface area (Å²) in [6.45, 7) is 0. The third kappa shape index (κ3) is 3.25. The highest BCUT2D eigenvalue weighted by atomic mass is 35.5. The fraction of sp³-hybridized carbons (Fsp3) is 0.0667. The van der Waals surface area contributed by atoms with Crippen LogP contribution in [-0.4, -0.2) is 9.97 Å². The Balaban J connectivity index is 1.87. The molecule has 0 saturated carbocycles. The molecule has 0 saturated heterocycles. The van der Waals surface area contributed by atoms with Crippen molar-refractivity contribution in [3.8, 4) is 0 Å². The average molecular weight is 321 g/mol. The van der Waals surface area contributed by atoms with Gasteiger partial charge in [0.05, 0.1) is 16.7 Å². The Morgan fingerprint density at radius 3 is 2.71 bits per heavy atom. The van der Waals surface area contributed by atoms with E-state index in [1.807, 2.05) is 0 Å². The van der Waals surface area contributed by atoms with Crippen LogP contribution in [0.2, 0.25) is 5.02 Å². The molecule has 6 heteroatoms. The highest BCUT2D eigenvalue weighted by molar-refractivity contribution is 7.98. The topological polar surface area (TPSA) is 45.8 Å². The van der Waals surface area contributed by atoms with Crippen molar-refractivity contribution in [2.75, 3.05) is 0 Å². The maximum absolute atomic E-state index is 12.8. The van der Waals surface area contributed by atoms with Crippen LogP contribution in [0, 0.1) is 5.82 Å². The molecule has 3 aromatic rings. The minimum Gasteiger partial charge on any atom is -0.309 e. The third-order valence-electron chi connectivity index (χ3n) is 2.91. The minimum absolute atomic E-state index is 0.189. The van der Waals surface area contributed by atoms with Gasteiger partial charge in [0.1, 0.15) is 11.6 Å². The van der Waals surface area contributed by atoms with Gasteiger partial charge in [0.25, 0.3) is 5.56 Å². The van der Waals surface area contributed by atoms with Crippen LogP contribution in [-0.2, 0) is 5.75 Å². The van der Waals surface area contributed by atoms with Crippen molar-refractivity contribution in [3.05, 3.63) is 69.5 Å². The van der Waals surface area contributed by atoms with Gasteiger partial charge >= 0.3 is 0 Å². The predicted molar refractivity (Wildman–Crippen MR) is 83.3 cm³/mol. The lowest BCUT2D eigenvalue weighted by Gasteiger charge is -2.04. The molecule has 0 aliphatic heterocycles. The lowest BCUT2D eigenvalue weighted by molar-refractivity contribution is 0.626. The Morgan fingerprint density at radius 2 is 1.95 bits per heavy atom. The van der Waals surface area contributed by atoms with Crippen LogP contribution in [0.15, 0.2) is 52.2 Å². The van der Waals surface area contributed by atoms with Crippen LogP contribution in [0.4, 0.5) is 4.39 Å². The van der Waals surface area contributed by atoms with E-state index in [4.69, 9.17) is 11.6 Å². The van der Waals surface area contributed by atoms with Gasteiger partial charge in [-0.3, -0.25) is 4.79 Å². The summed E-state index contributed by atoms with van der Waals surface area (Å²) in [6, 6.07) is 11.2. The molecule has 1 heterocycles. The van der Waals surface area contributed by atoms with E-state index < -0.39 is 0 Å². The fourth-order valence-corrected chi connectivity index (χ4v) is 2.85. The lowest BCUT2D eigenvalue weighted by atomic mass is 10.2. The molecule has 3 rings (SSSR count). The molecule has 21 heavy (non-hydrogen) atoms. The average Bonchev–Trinajstić information content (AvgIpc) is 2.46. The van der Waals surface area contributed by atoms with Crippen molar-refractivity contribution in [2.24, 2.45) is 0 Å². The Morgan fingerprint density at radius 1 is 1.19 bits per heavy atom. The molecule has 0 bridgehead atoms. The van der Waals surface area contributed by atoms with Crippen molar-refractivity contribution in [1.82, 2.24) is 9.97 Å². The number of H-pyrrole nitrogens is 1. The van der Waals surface area contributed by atoms with Gasteiger partial charge in [-0.15, -0.1) is 11.8 Å². The zero-order valence-corrected chi connectivity index (χ0v) is 12.3. The summed E-state index contributed by atoms with van der Waals surface area (Å²) in [5, 5.41) is 1.05. The normalized spacial score (nSPS) is 11.0. The molecule has 0 spiro atoms. The smallest absolute Gasteiger partial charge is 0.258 e. The van der Waals surface area contributed by atoms with Gasteiger partial charge < -0.3 is 4.98 Å². The molecule has 2 aromatic carbocycles. The van der Waals surface area contributed by atoms with Crippen molar-refractivity contribution in [2.45, 2.75) is 10.6 Å². The van der Waals surface area contributed by atoms with Crippen molar-refractivity contribution >= 4 is 34.3 Å². The first-order chi connectivity index (χ1) is 10.1. The van der Waals surface area contributed by atoms with E-state index in [0.717, 1.165) is 4.90 Å². The zero-order valence-electron chi connectivity index (χ0n) is 10.8. The zero-order chi connectivity index (χ0) is 14.8. The Bertz CT molecular complexity index is 848. The summed E-state index contributed by atoms with van der Waals surface area (Å²) in [5.74, 6) is 0.777. The number of aromatic nitrogens is 2. The van der Waals surface area contributed by atoms with Gasteiger partial charge in [0.2, 0.25) is 0 Å². The predicted octanol–water partition coefficient (Wildman–Crippen LogP) is 4.01. The molecule has 0 unspecified atom stereocenters. The Kier molecular flexibility index (Phi) is 3.94. The van der Waals surface area contributed by atoms with Crippen molar-refractivity contribution in [3.63, 3.8) is 0 Å². The van der Waals surface area contributed by atoms with Crippen LogP contribution in [0.5, 0.6) is 0 Å². The number of aromatic amines is 1. The number of halogens is 2. The molecule has 0 radical (unpaired) electrons. The van der Waals surface area contributed by atoms with Crippen LogP contribution in [0.25, 0.3) is 10.9 Å². The van der Waals surface area contributed by atoms with Crippen LogP contribution >= 0.6 is 23.4 Å². The maximum atomic E-state index is 12.8. The SMILES string of the molecule is O=c1[nH]c(CSc2ccc(F)cc2)nc2cc(Cl)ccc12. The summed E-state index contributed by atoms with van der Waals surface area (Å²) in [5.41, 5.74) is 0.382. The van der Waals surface area contributed by atoms with E-state index in [9.17, 15) is 9.18 Å². The maximum Gasteiger partial charge on any atom is 0.258 e. The quantitative estimate of drug-likeness (QED) is 0.742. The van der Waals surface area contributed by atoms with Gasteiger partial charge in [-0.2, -0.15) is 0 Å². The molecule has 0 atom stereocenters. The van der Waals surface area contributed by atoms with E-state index >= 15 is 0 Å². The summed E-state index contributed by atoms with van der Waals surface area (Å²) in [7, 11) is 0. The molecule has 1 aromatic heterocycles. The molecule has 106 valence electrons. The number of fused-ring (bicyclic) bond motifs is 1.